The lowest BCUT2D eigenvalue weighted by atomic mass is 10.1. The number of carbonyl (C=O) groups excluding carboxylic acids is 1. The summed E-state index contributed by atoms with van der Waals surface area (Å²) in [5, 5.41) is 2.61. The average molecular weight is 395 g/mol. The molecular formula is C23H23F2N3O. The predicted octanol–water partition coefficient (Wildman–Crippen LogP) is 5.34. The van der Waals surface area contributed by atoms with Crippen LogP contribution >= 0.6 is 0 Å². The Morgan fingerprint density at radius 1 is 1.14 bits per heavy atom. The summed E-state index contributed by atoms with van der Waals surface area (Å²) in [6, 6.07) is 14.9. The molecule has 2 aromatic carbocycles. The van der Waals surface area contributed by atoms with Crippen molar-refractivity contribution in [3.05, 3.63) is 102 Å². The van der Waals surface area contributed by atoms with Crippen molar-refractivity contribution < 1.29 is 13.6 Å². The first-order valence-corrected chi connectivity index (χ1v) is 9.28. The van der Waals surface area contributed by atoms with E-state index in [0.717, 1.165) is 17.8 Å². The van der Waals surface area contributed by atoms with Crippen molar-refractivity contribution in [2.24, 2.45) is 0 Å². The van der Waals surface area contributed by atoms with E-state index in [2.05, 4.69) is 35.5 Å². The summed E-state index contributed by atoms with van der Waals surface area (Å²) in [7, 11) is 0. The normalized spacial score (nSPS) is 10.6. The maximum absolute atomic E-state index is 13.4. The molecule has 0 atom stereocenters. The molecule has 1 heterocycles. The molecule has 6 heteroatoms. The van der Waals surface area contributed by atoms with Crippen LogP contribution in [0.5, 0.6) is 0 Å². The van der Waals surface area contributed by atoms with Gasteiger partial charge >= 0.3 is 6.03 Å². The minimum Gasteiger partial charge on any atom is -0.345 e. The van der Waals surface area contributed by atoms with Crippen LogP contribution in [0.4, 0.5) is 19.3 Å². The van der Waals surface area contributed by atoms with E-state index >= 15 is 0 Å². The Morgan fingerprint density at radius 3 is 2.66 bits per heavy atom. The largest absolute Gasteiger partial charge is 0.345 e. The van der Waals surface area contributed by atoms with Crippen molar-refractivity contribution >= 4 is 11.7 Å². The fraction of sp³-hybridized carbons (Fsp3) is 0.174. The van der Waals surface area contributed by atoms with Crippen LogP contribution in [0, 0.1) is 18.6 Å². The number of hydrogen-bond acceptors (Lipinski definition) is 1. The summed E-state index contributed by atoms with van der Waals surface area (Å²) >= 11 is 0. The van der Waals surface area contributed by atoms with Gasteiger partial charge in [0.05, 0.1) is 6.54 Å². The quantitative estimate of drug-likeness (QED) is 0.539. The fourth-order valence-corrected chi connectivity index (χ4v) is 3.07. The molecule has 0 spiro atoms. The number of hydrogen-bond donors (Lipinski definition) is 1. The summed E-state index contributed by atoms with van der Waals surface area (Å²) < 4.78 is 28.6. The smallest absolute Gasteiger partial charge is 0.322 e. The van der Waals surface area contributed by atoms with E-state index in [1.165, 1.54) is 17.2 Å². The molecule has 3 aromatic rings. The minimum absolute atomic E-state index is 0.193. The van der Waals surface area contributed by atoms with Crippen LogP contribution in [-0.4, -0.2) is 22.0 Å². The molecule has 0 unspecified atom stereocenters. The lowest BCUT2D eigenvalue weighted by Gasteiger charge is -2.23. The highest BCUT2D eigenvalue weighted by molar-refractivity contribution is 5.89. The number of urea groups is 1. The van der Waals surface area contributed by atoms with Gasteiger partial charge < -0.3 is 14.8 Å². The second-order valence-corrected chi connectivity index (χ2v) is 6.78. The van der Waals surface area contributed by atoms with Crippen LogP contribution in [0.2, 0.25) is 0 Å². The van der Waals surface area contributed by atoms with Crippen LogP contribution < -0.4 is 5.32 Å². The molecule has 4 nitrogen and oxygen atoms in total. The van der Waals surface area contributed by atoms with Gasteiger partial charge in [-0.05, 0) is 42.3 Å². The third-order valence-electron chi connectivity index (χ3n) is 4.69. The zero-order valence-electron chi connectivity index (χ0n) is 16.2. The van der Waals surface area contributed by atoms with Gasteiger partial charge in [-0.3, -0.25) is 0 Å². The highest BCUT2D eigenvalue weighted by Crippen LogP contribution is 2.16. The number of nitrogens with one attached hydrogen (secondary N) is 1. The first-order chi connectivity index (χ1) is 14.0. The Kier molecular flexibility index (Phi) is 6.44. The van der Waals surface area contributed by atoms with Crippen LogP contribution in [0.15, 0.2) is 73.4 Å². The van der Waals surface area contributed by atoms with E-state index in [4.69, 9.17) is 0 Å². The van der Waals surface area contributed by atoms with Crippen molar-refractivity contribution in [3.8, 4) is 0 Å². The number of rotatable bonds is 7. The Bertz CT molecular complexity index is 1010. The van der Waals surface area contributed by atoms with Gasteiger partial charge in [-0.1, -0.05) is 30.3 Å². The second kappa shape index (κ2) is 9.19. The van der Waals surface area contributed by atoms with E-state index in [1.54, 1.807) is 11.0 Å². The van der Waals surface area contributed by atoms with Crippen LogP contribution in [-0.2, 0) is 13.1 Å². The van der Waals surface area contributed by atoms with Gasteiger partial charge in [-0.25, -0.2) is 13.6 Å². The Labute approximate surface area is 169 Å². The van der Waals surface area contributed by atoms with Gasteiger partial charge in [0.2, 0.25) is 0 Å². The van der Waals surface area contributed by atoms with E-state index in [9.17, 15) is 13.6 Å². The molecule has 2 amide bonds. The molecule has 0 radical (unpaired) electrons. The van der Waals surface area contributed by atoms with Crippen molar-refractivity contribution in [2.45, 2.75) is 20.0 Å². The zero-order valence-corrected chi connectivity index (χ0v) is 16.2. The molecule has 1 N–H and O–H groups in total. The van der Waals surface area contributed by atoms with Gasteiger partial charge in [0.25, 0.3) is 0 Å². The van der Waals surface area contributed by atoms with Gasteiger partial charge in [0.15, 0.2) is 11.6 Å². The molecule has 0 fully saturated rings. The third-order valence-corrected chi connectivity index (χ3v) is 4.69. The van der Waals surface area contributed by atoms with Crippen LogP contribution in [0.3, 0.4) is 0 Å². The number of halogens is 2. The van der Waals surface area contributed by atoms with Gasteiger partial charge in [0, 0.05) is 36.7 Å². The first kappa shape index (κ1) is 20.3. The van der Waals surface area contributed by atoms with Crippen molar-refractivity contribution in [2.75, 3.05) is 11.9 Å². The molecule has 0 saturated carbocycles. The van der Waals surface area contributed by atoms with Gasteiger partial charge in [0.1, 0.15) is 0 Å². The third kappa shape index (κ3) is 5.10. The molecule has 29 heavy (non-hydrogen) atoms. The number of amides is 2. The van der Waals surface area contributed by atoms with E-state index in [0.29, 0.717) is 19.6 Å². The summed E-state index contributed by atoms with van der Waals surface area (Å²) in [4.78, 5) is 14.2. The van der Waals surface area contributed by atoms with Gasteiger partial charge in [-0.2, -0.15) is 0 Å². The van der Waals surface area contributed by atoms with Crippen molar-refractivity contribution in [1.82, 2.24) is 9.47 Å². The first-order valence-electron chi connectivity index (χ1n) is 9.28. The predicted molar refractivity (Wildman–Crippen MR) is 111 cm³/mol. The lowest BCUT2D eigenvalue weighted by Crippen LogP contribution is -2.35. The van der Waals surface area contributed by atoms with E-state index in [1.807, 2.05) is 30.5 Å². The summed E-state index contributed by atoms with van der Waals surface area (Å²) in [5.41, 5.74) is 3.55. The molecule has 0 aliphatic heterocycles. The van der Waals surface area contributed by atoms with Crippen molar-refractivity contribution in [3.63, 3.8) is 0 Å². The van der Waals surface area contributed by atoms with Gasteiger partial charge in [-0.15, -0.1) is 6.58 Å². The summed E-state index contributed by atoms with van der Waals surface area (Å²) in [6.45, 7) is 7.13. The molecule has 3 rings (SSSR count). The summed E-state index contributed by atoms with van der Waals surface area (Å²) in [5.74, 6) is -1.97. The Balaban J connectivity index is 1.74. The maximum atomic E-state index is 13.4. The lowest BCUT2D eigenvalue weighted by molar-refractivity contribution is 0.214. The SMILES string of the molecule is C=CCN(Cc1cccn1Cc1ccccc1C)C(=O)Nc1ccc(F)c(F)c1. The van der Waals surface area contributed by atoms with Crippen LogP contribution in [0.1, 0.15) is 16.8 Å². The minimum atomic E-state index is -1.01. The monoisotopic (exact) mass is 395 g/mol. The second-order valence-electron chi connectivity index (χ2n) is 6.78. The maximum Gasteiger partial charge on any atom is 0.322 e. The van der Waals surface area contributed by atoms with E-state index < -0.39 is 17.7 Å². The zero-order chi connectivity index (χ0) is 20.8. The average Bonchev–Trinajstić information content (AvgIpc) is 3.13. The molecular weight excluding hydrogens is 372 g/mol. The van der Waals surface area contributed by atoms with Crippen molar-refractivity contribution in [1.29, 1.82) is 0 Å². The summed E-state index contributed by atoms with van der Waals surface area (Å²) in [6.07, 6.45) is 3.60. The van der Waals surface area contributed by atoms with Crippen LogP contribution in [0.25, 0.3) is 0 Å². The standard InChI is InChI=1S/C23H23F2N3O/c1-3-12-28(23(29)26-19-10-11-21(24)22(25)14-19)16-20-9-6-13-27(20)15-18-8-5-4-7-17(18)2/h3-11,13-14H,1,12,15-16H2,2H3,(H,26,29). The molecule has 0 aliphatic carbocycles. The van der Waals surface area contributed by atoms with E-state index in [-0.39, 0.29) is 5.69 Å². The highest BCUT2D eigenvalue weighted by Gasteiger charge is 2.16. The Morgan fingerprint density at radius 2 is 1.93 bits per heavy atom. The topological polar surface area (TPSA) is 37.3 Å². The number of carbonyl (C=O) groups is 1. The Hall–Kier alpha value is -3.41. The molecule has 0 aliphatic rings. The molecule has 0 saturated heterocycles. The number of anilines is 1. The number of nitrogens with zero attached hydrogens (tertiary/aromatic N) is 2. The fourth-order valence-electron chi connectivity index (χ4n) is 3.07. The number of benzene rings is 2. The molecule has 150 valence electrons. The number of aryl methyl sites for hydroxylation is 1. The number of aromatic nitrogens is 1. The highest BCUT2D eigenvalue weighted by atomic mass is 19.2. The molecule has 1 aromatic heterocycles. The molecule has 0 bridgehead atoms.